The number of hydrogen-bond donors (Lipinski definition) is 2. The zero-order valence-electron chi connectivity index (χ0n) is 12.2. The molecule has 21 heavy (non-hydrogen) atoms. The van der Waals surface area contributed by atoms with Crippen molar-refractivity contribution in [1.82, 2.24) is 0 Å². The van der Waals surface area contributed by atoms with Crippen LogP contribution in [-0.2, 0) is 16.0 Å². The summed E-state index contributed by atoms with van der Waals surface area (Å²) >= 11 is 6.33. The molecule has 4 nitrogen and oxygen atoms in total. The van der Waals surface area contributed by atoms with E-state index in [1.807, 2.05) is 12.1 Å². The van der Waals surface area contributed by atoms with Gasteiger partial charge in [0.05, 0.1) is 23.2 Å². The second-order valence-corrected chi connectivity index (χ2v) is 6.27. The van der Waals surface area contributed by atoms with Gasteiger partial charge in [0.25, 0.3) is 0 Å². The van der Waals surface area contributed by atoms with E-state index in [0.717, 1.165) is 49.2 Å². The molecule has 1 aromatic carbocycles. The lowest BCUT2D eigenvalue weighted by Gasteiger charge is -2.31. The minimum atomic E-state index is 0.0345. The van der Waals surface area contributed by atoms with Gasteiger partial charge in [0.1, 0.15) is 0 Å². The molecule has 5 heteroatoms. The fraction of sp³-hybridized carbons (Fsp3) is 0.562. The standard InChI is InChI=1S/C16H21ClN2O2/c1-2-3-12-8-11(4-5-21-12)18-15-6-10-7-16(20)19-14(10)9-13(15)17/h6,9,11-12,18H,2-5,7-8H2,1H3,(H,19,20). The van der Waals surface area contributed by atoms with Crippen LogP contribution < -0.4 is 10.6 Å². The molecule has 0 aromatic heterocycles. The first kappa shape index (κ1) is 14.7. The van der Waals surface area contributed by atoms with E-state index in [-0.39, 0.29) is 5.91 Å². The second-order valence-electron chi connectivity index (χ2n) is 5.86. The maximum absolute atomic E-state index is 11.4. The molecule has 0 aliphatic carbocycles. The number of halogens is 1. The lowest BCUT2D eigenvalue weighted by Crippen LogP contribution is -2.34. The van der Waals surface area contributed by atoms with Crippen molar-refractivity contribution in [2.45, 2.75) is 51.2 Å². The van der Waals surface area contributed by atoms with E-state index in [1.165, 1.54) is 0 Å². The number of hydrogen-bond acceptors (Lipinski definition) is 3. The van der Waals surface area contributed by atoms with Gasteiger partial charge in [-0.1, -0.05) is 24.9 Å². The lowest BCUT2D eigenvalue weighted by atomic mass is 9.99. The molecule has 2 atom stereocenters. The highest BCUT2D eigenvalue weighted by atomic mass is 35.5. The van der Waals surface area contributed by atoms with Crippen LogP contribution in [0.5, 0.6) is 0 Å². The molecule has 2 unspecified atom stereocenters. The summed E-state index contributed by atoms with van der Waals surface area (Å²) in [4.78, 5) is 11.4. The van der Waals surface area contributed by atoms with Crippen LogP contribution in [0.25, 0.3) is 0 Å². The number of rotatable bonds is 4. The molecule has 0 radical (unpaired) electrons. The summed E-state index contributed by atoms with van der Waals surface area (Å²) < 4.78 is 5.78. The number of carbonyl (C=O) groups is 1. The molecule has 2 N–H and O–H groups in total. The average molecular weight is 309 g/mol. The van der Waals surface area contributed by atoms with Crippen LogP contribution in [0.2, 0.25) is 5.02 Å². The first-order chi connectivity index (χ1) is 10.2. The van der Waals surface area contributed by atoms with Gasteiger partial charge in [-0.05, 0) is 37.0 Å². The van der Waals surface area contributed by atoms with Gasteiger partial charge >= 0.3 is 0 Å². The molecule has 1 aromatic rings. The van der Waals surface area contributed by atoms with Gasteiger partial charge in [0.15, 0.2) is 0 Å². The topological polar surface area (TPSA) is 50.4 Å². The summed E-state index contributed by atoms with van der Waals surface area (Å²) in [5, 5.41) is 7.01. The molecule has 1 saturated heterocycles. The number of amides is 1. The first-order valence-electron chi connectivity index (χ1n) is 7.66. The molecule has 3 rings (SSSR count). The Bertz CT molecular complexity index is 545. The third-order valence-corrected chi connectivity index (χ3v) is 4.47. The quantitative estimate of drug-likeness (QED) is 0.893. The fourth-order valence-corrected chi connectivity index (χ4v) is 3.33. The van der Waals surface area contributed by atoms with Crippen molar-refractivity contribution in [3.05, 3.63) is 22.7 Å². The van der Waals surface area contributed by atoms with E-state index in [9.17, 15) is 4.79 Å². The largest absolute Gasteiger partial charge is 0.381 e. The van der Waals surface area contributed by atoms with Crippen LogP contribution in [-0.4, -0.2) is 24.7 Å². The molecular weight excluding hydrogens is 288 g/mol. The number of ether oxygens (including phenoxy) is 1. The summed E-state index contributed by atoms with van der Waals surface area (Å²) in [5.74, 6) is 0.0345. The fourth-order valence-electron chi connectivity index (χ4n) is 3.11. The van der Waals surface area contributed by atoms with Crippen molar-refractivity contribution >= 4 is 28.9 Å². The van der Waals surface area contributed by atoms with Crippen LogP contribution in [0.3, 0.4) is 0 Å². The summed E-state index contributed by atoms with van der Waals surface area (Å²) in [6.07, 6.45) is 5.04. The van der Waals surface area contributed by atoms with Gasteiger partial charge in [-0.3, -0.25) is 4.79 Å². The second kappa shape index (κ2) is 6.24. The van der Waals surface area contributed by atoms with Gasteiger partial charge in [0.2, 0.25) is 5.91 Å². The predicted octanol–water partition coefficient (Wildman–Crippen LogP) is 3.59. The van der Waals surface area contributed by atoms with Gasteiger partial charge in [0, 0.05) is 18.3 Å². The maximum Gasteiger partial charge on any atom is 0.228 e. The zero-order chi connectivity index (χ0) is 14.8. The molecule has 0 spiro atoms. The number of benzene rings is 1. The van der Waals surface area contributed by atoms with Crippen molar-refractivity contribution in [2.75, 3.05) is 17.2 Å². The monoisotopic (exact) mass is 308 g/mol. The van der Waals surface area contributed by atoms with Gasteiger partial charge in [-0.15, -0.1) is 0 Å². The third-order valence-electron chi connectivity index (χ3n) is 4.16. The molecule has 2 heterocycles. The minimum absolute atomic E-state index is 0.0345. The maximum atomic E-state index is 11.4. The highest BCUT2D eigenvalue weighted by Crippen LogP contribution is 2.34. The van der Waals surface area contributed by atoms with Crippen molar-refractivity contribution in [3.8, 4) is 0 Å². The molecule has 2 aliphatic rings. The van der Waals surface area contributed by atoms with E-state index in [0.29, 0.717) is 23.6 Å². The Balaban J connectivity index is 1.70. The lowest BCUT2D eigenvalue weighted by molar-refractivity contribution is -0.115. The Kier molecular flexibility index (Phi) is 4.36. The number of nitrogens with one attached hydrogen (secondary N) is 2. The summed E-state index contributed by atoms with van der Waals surface area (Å²) in [6, 6.07) is 4.23. The van der Waals surface area contributed by atoms with Gasteiger partial charge in [-0.2, -0.15) is 0 Å². The Morgan fingerprint density at radius 2 is 2.33 bits per heavy atom. The van der Waals surface area contributed by atoms with Crippen molar-refractivity contribution in [2.24, 2.45) is 0 Å². The summed E-state index contributed by atoms with van der Waals surface area (Å²) in [6.45, 7) is 2.98. The van der Waals surface area contributed by atoms with Crippen LogP contribution in [0.1, 0.15) is 38.2 Å². The predicted molar refractivity (Wildman–Crippen MR) is 85.1 cm³/mol. The SMILES string of the molecule is CCCC1CC(Nc2cc3c(cc2Cl)NC(=O)C3)CCO1. The van der Waals surface area contributed by atoms with Crippen LogP contribution in [0.4, 0.5) is 11.4 Å². The number of carbonyl (C=O) groups excluding carboxylic acids is 1. The van der Waals surface area contributed by atoms with E-state index >= 15 is 0 Å². The Morgan fingerprint density at radius 3 is 3.14 bits per heavy atom. The summed E-state index contributed by atoms with van der Waals surface area (Å²) in [5.41, 5.74) is 2.78. The number of anilines is 2. The van der Waals surface area contributed by atoms with Crippen LogP contribution >= 0.6 is 11.6 Å². The Labute approximate surface area is 130 Å². The van der Waals surface area contributed by atoms with Gasteiger partial charge < -0.3 is 15.4 Å². The molecule has 1 amide bonds. The first-order valence-corrected chi connectivity index (χ1v) is 8.04. The molecular formula is C16H21ClN2O2. The molecule has 0 saturated carbocycles. The molecule has 0 bridgehead atoms. The summed E-state index contributed by atoms with van der Waals surface area (Å²) in [7, 11) is 0. The van der Waals surface area contributed by atoms with Crippen molar-refractivity contribution < 1.29 is 9.53 Å². The van der Waals surface area contributed by atoms with Crippen LogP contribution in [0.15, 0.2) is 12.1 Å². The molecule has 114 valence electrons. The Hall–Kier alpha value is -1.26. The van der Waals surface area contributed by atoms with Crippen molar-refractivity contribution in [3.63, 3.8) is 0 Å². The van der Waals surface area contributed by atoms with Crippen LogP contribution in [0, 0.1) is 0 Å². The van der Waals surface area contributed by atoms with E-state index in [2.05, 4.69) is 17.6 Å². The third kappa shape index (κ3) is 3.33. The molecule has 1 fully saturated rings. The van der Waals surface area contributed by atoms with Gasteiger partial charge in [-0.25, -0.2) is 0 Å². The van der Waals surface area contributed by atoms with E-state index in [1.54, 1.807) is 0 Å². The number of fused-ring (bicyclic) bond motifs is 1. The smallest absolute Gasteiger partial charge is 0.228 e. The normalized spacial score (nSPS) is 24.6. The average Bonchev–Trinajstić information content (AvgIpc) is 2.79. The Morgan fingerprint density at radius 1 is 1.48 bits per heavy atom. The van der Waals surface area contributed by atoms with Crippen molar-refractivity contribution in [1.29, 1.82) is 0 Å². The zero-order valence-corrected chi connectivity index (χ0v) is 13.0. The minimum Gasteiger partial charge on any atom is -0.381 e. The highest BCUT2D eigenvalue weighted by molar-refractivity contribution is 6.33. The van der Waals surface area contributed by atoms with E-state index in [4.69, 9.17) is 16.3 Å². The molecule has 2 aliphatic heterocycles. The highest BCUT2D eigenvalue weighted by Gasteiger charge is 2.24. The van der Waals surface area contributed by atoms with E-state index < -0.39 is 0 Å².